The minimum atomic E-state index is -2.69. The first-order valence-corrected chi connectivity index (χ1v) is 12.1. The van der Waals surface area contributed by atoms with Gasteiger partial charge in [-0.1, -0.05) is 40.6 Å². The first kappa shape index (κ1) is 19.8. The van der Waals surface area contributed by atoms with Crippen molar-refractivity contribution < 1.29 is 18.4 Å². The van der Waals surface area contributed by atoms with Crippen LogP contribution >= 0.6 is 0 Å². The van der Waals surface area contributed by atoms with Gasteiger partial charge < -0.3 is 14.0 Å². The number of pyridine rings is 1. The predicted molar refractivity (Wildman–Crippen MR) is 140 cm³/mol. The van der Waals surface area contributed by atoms with E-state index in [9.17, 15) is 4.79 Å². The van der Waals surface area contributed by atoms with Gasteiger partial charge in [0.25, 0.3) is 5.88 Å². The lowest BCUT2D eigenvalue weighted by molar-refractivity contribution is 0.0553. The zero-order chi connectivity index (χ0) is 27.9. The summed E-state index contributed by atoms with van der Waals surface area (Å²) < 4.78 is 37.3. The highest BCUT2D eigenvalue weighted by Crippen LogP contribution is 2.42. The molecule has 0 N–H and O–H groups in total. The smallest absolute Gasteiger partial charge is 0.261 e. The molecule has 186 valence electrons. The molecule has 9 nitrogen and oxygen atoms in total. The average molecular weight is 498 g/mol. The number of carbonyl (C=O) groups excluding carboxylic acids is 1. The fourth-order valence-corrected chi connectivity index (χ4v) is 5.48. The molecule has 0 radical (unpaired) electrons. The Kier molecular flexibility index (Phi) is 5.15. The van der Waals surface area contributed by atoms with Crippen LogP contribution in [0.4, 0.5) is 5.69 Å². The molecule has 1 atom stereocenters. The first-order chi connectivity index (χ1) is 19.3. The molecule has 3 aromatic heterocycles. The maximum atomic E-state index is 11.1. The number of isocyanates is 1. The lowest BCUT2D eigenvalue weighted by Crippen LogP contribution is -2.26. The number of fused-ring (bicyclic) bond motifs is 3. The summed E-state index contributed by atoms with van der Waals surface area (Å²) in [5, 5.41) is 8.85. The second kappa shape index (κ2) is 9.61. The number of benzene rings is 2. The zero-order valence-corrected chi connectivity index (χ0v) is 20.2. The molecule has 1 saturated heterocycles. The highest BCUT2D eigenvalue weighted by Gasteiger charge is 2.30. The number of methoxy groups -OCH3 is 1. The Labute approximate surface area is 217 Å². The third-order valence-corrected chi connectivity index (χ3v) is 7.10. The van der Waals surface area contributed by atoms with Crippen LogP contribution in [0.5, 0.6) is 5.88 Å². The van der Waals surface area contributed by atoms with Crippen molar-refractivity contribution in [1.82, 2.24) is 24.5 Å². The Morgan fingerprint density at radius 2 is 2.00 bits per heavy atom. The summed E-state index contributed by atoms with van der Waals surface area (Å²) in [6.07, 6.45) is 5.06. The van der Waals surface area contributed by atoms with Gasteiger partial charge in [-0.2, -0.15) is 4.99 Å². The molecule has 5 aromatic rings. The molecule has 0 spiro atoms. The Balaban J connectivity index is 1.65. The average Bonchev–Trinajstić information content (AvgIpc) is 3.45. The first-order valence-electron chi connectivity index (χ1n) is 13.6. The summed E-state index contributed by atoms with van der Waals surface area (Å²) >= 11 is 0. The van der Waals surface area contributed by atoms with E-state index in [2.05, 4.69) is 32.0 Å². The summed E-state index contributed by atoms with van der Waals surface area (Å²) in [5.41, 5.74) is 5.11. The number of nitrogens with zero attached hydrogens (tertiary/aromatic N) is 6. The van der Waals surface area contributed by atoms with Crippen molar-refractivity contribution in [2.24, 2.45) is 18.0 Å². The molecule has 0 amide bonds. The minimum Gasteiger partial charge on any atom is -0.478 e. The van der Waals surface area contributed by atoms with Crippen molar-refractivity contribution in [2.45, 2.75) is 18.9 Å². The maximum absolute atomic E-state index is 11.1. The molecule has 0 bridgehead atoms. The van der Waals surface area contributed by atoms with Gasteiger partial charge in [0.05, 0.1) is 39.4 Å². The molecule has 1 unspecified atom stereocenters. The van der Waals surface area contributed by atoms with Crippen LogP contribution in [0, 0.1) is 5.92 Å². The van der Waals surface area contributed by atoms with Crippen molar-refractivity contribution in [3.8, 4) is 17.1 Å². The number of hydrogen-bond donors (Lipinski definition) is 0. The SMILES string of the molecule is [2H]C([2H])([2H])Oc1nnn(C)c1-c1cnc2c3ccc(N=C=O)cc3n(C(c3ccccc3)C3CCOCC3)c2c1. The summed E-state index contributed by atoms with van der Waals surface area (Å²) in [7, 11) is -1.01. The molecular weight excluding hydrogens is 468 g/mol. The fourth-order valence-electron chi connectivity index (χ4n) is 5.48. The second-order valence-electron chi connectivity index (χ2n) is 9.14. The van der Waals surface area contributed by atoms with Crippen LogP contribution in [0.25, 0.3) is 33.2 Å². The number of aromatic nitrogens is 5. The molecule has 1 aliphatic rings. The van der Waals surface area contributed by atoms with Gasteiger partial charge in [0.2, 0.25) is 6.08 Å². The Morgan fingerprint density at radius 1 is 1.16 bits per heavy atom. The molecule has 0 saturated carbocycles. The van der Waals surface area contributed by atoms with E-state index in [1.54, 1.807) is 25.4 Å². The normalized spacial score (nSPS) is 16.6. The van der Waals surface area contributed by atoms with Gasteiger partial charge in [0.1, 0.15) is 5.69 Å². The monoisotopic (exact) mass is 497 g/mol. The highest BCUT2D eigenvalue weighted by atomic mass is 16.5. The van der Waals surface area contributed by atoms with E-state index in [1.807, 2.05) is 36.4 Å². The van der Waals surface area contributed by atoms with Crippen molar-refractivity contribution >= 4 is 33.7 Å². The van der Waals surface area contributed by atoms with Crippen LogP contribution in [0.2, 0.25) is 0 Å². The van der Waals surface area contributed by atoms with Crippen molar-refractivity contribution in [3.63, 3.8) is 0 Å². The zero-order valence-electron chi connectivity index (χ0n) is 23.2. The molecule has 0 aliphatic carbocycles. The van der Waals surface area contributed by atoms with E-state index in [-0.39, 0.29) is 17.8 Å². The van der Waals surface area contributed by atoms with Crippen LogP contribution in [0.1, 0.15) is 28.6 Å². The van der Waals surface area contributed by atoms with Crippen LogP contribution < -0.4 is 4.74 Å². The lowest BCUT2D eigenvalue weighted by Gasteiger charge is -2.33. The van der Waals surface area contributed by atoms with E-state index >= 15 is 0 Å². The quantitative estimate of drug-likeness (QED) is 0.243. The van der Waals surface area contributed by atoms with Gasteiger partial charge in [-0.05, 0) is 48.6 Å². The van der Waals surface area contributed by atoms with Gasteiger partial charge in [0.15, 0.2) is 0 Å². The Hall–Kier alpha value is -4.33. The van der Waals surface area contributed by atoms with Crippen LogP contribution in [0.3, 0.4) is 0 Å². The van der Waals surface area contributed by atoms with Crippen LogP contribution in [-0.4, -0.2) is 50.9 Å². The van der Waals surface area contributed by atoms with Crippen molar-refractivity contribution in [1.29, 1.82) is 0 Å². The number of rotatable bonds is 6. The van der Waals surface area contributed by atoms with Gasteiger partial charge in [-0.3, -0.25) is 4.98 Å². The Bertz CT molecular complexity index is 1740. The van der Waals surface area contributed by atoms with Crippen molar-refractivity contribution in [2.75, 3.05) is 20.3 Å². The van der Waals surface area contributed by atoms with Gasteiger partial charge >= 0.3 is 0 Å². The molecule has 4 heterocycles. The van der Waals surface area contributed by atoms with E-state index in [0.717, 1.165) is 40.3 Å². The van der Waals surface area contributed by atoms with Gasteiger partial charge in [0, 0.05) is 37.4 Å². The summed E-state index contributed by atoms with van der Waals surface area (Å²) in [6, 6.07) is 17.8. The third kappa shape index (κ3) is 3.98. The van der Waals surface area contributed by atoms with E-state index in [0.29, 0.717) is 30.2 Å². The topological polar surface area (TPSA) is 96.4 Å². The molecule has 2 aromatic carbocycles. The van der Waals surface area contributed by atoms with E-state index < -0.39 is 7.04 Å². The molecule has 1 aliphatic heterocycles. The van der Waals surface area contributed by atoms with E-state index in [1.165, 1.54) is 4.68 Å². The maximum Gasteiger partial charge on any atom is 0.261 e. The second-order valence-corrected chi connectivity index (χ2v) is 9.14. The van der Waals surface area contributed by atoms with Crippen LogP contribution in [0.15, 0.2) is 65.8 Å². The molecular formula is C28H26N6O3. The molecule has 1 fully saturated rings. The van der Waals surface area contributed by atoms with E-state index in [4.69, 9.17) is 18.6 Å². The summed E-state index contributed by atoms with van der Waals surface area (Å²) in [4.78, 5) is 19.8. The van der Waals surface area contributed by atoms with Crippen molar-refractivity contribution in [3.05, 3.63) is 66.4 Å². The van der Waals surface area contributed by atoms with Gasteiger partial charge in [-0.25, -0.2) is 9.48 Å². The highest BCUT2D eigenvalue weighted by molar-refractivity contribution is 6.07. The largest absolute Gasteiger partial charge is 0.478 e. The molecule has 6 rings (SSSR count). The molecule has 37 heavy (non-hydrogen) atoms. The summed E-state index contributed by atoms with van der Waals surface area (Å²) in [5.74, 6) is 0.169. The lowest BCUT2D eigenvalue weighted by atomic mass is 9.86. The number of aliphatic imine (C=N–C) groups is 1. The minimum absolute atomic E-state index is 0.0691. The predicted octanol–water partition coefficient (Wildman–Crippen LogP) is 4.98. The Morgan fingerprint density at radius 3 is 2.78 bits per heavy atom. The number of aryl methyl sites for hydroxylation is 1. The summed E-state index contributed by atoms with van der Waals surface area (Å²) in [6.45, 7) is 1.34. The number of ether oxygens (including phenoxy) is 2. The molecule has 9 heteroatoms. The fraction of sp³-hybridized carbons (Fsp3) is 0.286. The van der Waals surface area contributed by atoms with Gasteiger partial charge in [-0.15, -0.1) is 0 Å². The number of hydrogen-bond acceptors (Lipinski definition) is 7. The third-order valence-electron chi connectivity index (χ3n) is 7.10. The van der Waals surface area contributed by atoms with Crippen LogP contribution in [-0.2, 0) is 16.6 Å². The standard InChI is InChI=1S/C28H26N6O3/c1-33-27(28(36-2)31-32-33)20-14-24-25(29-16-20)22-9-8-21(30-17-35)15-23(22)34(24)26(18-6-4-3-5-7-18)19-10-12-37-13-11-19/h3-9,14-16,19,26H,10-13H2,1-2H3/i2D3.